The van der Waals surface area contributed by atoms with Gasteiger partial charge in [-0.1, -0.05) is 12.1 Å². The summed E-state index contributed by atoms with van der Waals surface area (Å²) in [4.78, 5) is 15.3. The molecule has 1 saturated heterocycles. The van der Waals surface area contributed by atoms with Crippen molar-refractivity contribution in [2.75, 3.05) is 20.2 Å². The summed E-state index contributed by atoms with van der Waals surface area (Å²) in [5.74, 6) is 1.77. The Morgan fingerprint density at radius 3 is 2.88 bits per heavy atom. The molecule has 0 aliphatic carbocycles. The minimum atomic E-state index is -0.490. The Morgan fingerprint density at radius 2 is 2.27 bits per heavy atom. The maximum atomic E-state index is 13.4. The smallest absolute Gasteiger partial charge is 0.248 e. The molecule has 2 N–H and O–H groups in total. The third-order valence-electron chi connectivity index (χ3n) is 5.08. The topological polar surface area (TPSA) is 99.2 Å². The second-order valence-corrected chi connectivity index (χ2v) is 6.92. The van der Waals surface area contributed by atoms with Crippen molar-refractivity contribution in [3.63, 3.8) is 0 Å². The maximum Gasteiger partial charge on any atom is 0.248 e. The predicted octanol–water partition coefficient (Wildman–Crippen LogP) is 0.970. The number of carbonyl (C=O) groups excluding carboxylic acids is 1. The highest BCUT2D eigenvalue weighted by Crippen LogP contribution is 2.27. The van der Waals surface area contributed by atoms with Gasteiger partial charge in [0.05, 0.1) is 7.11 Å². The van der Waals surface area contributed by atoms with Crippen molar-refractivity contribution < 1.29 is 9.53 Å². The van der Waals surface area contributed by atoms with Gasteiger partial charge in [-0.2, -0.15) is 0 Å². The van der Waals surface area contributed by atoms with Crippen LogP contribution in [0.3, 0.4) is 0 Å². The zero-order valence-electron chi connectivity index (χ0n) is 15.5. The molecule has 0 spiro atoms. The van der Waals surface area contributed by atoms with Gasteiger partial charge in [0.2, 0.25) is 5.91 Å². The van der Waals surface area contributed by atoms with Gasteiger partial charge in [0.1, 0.15) is 17.6 Å². The Morgan fingerprint density at radius 1 is 1.46 bits per heavy atom. The van der Waals surface area contributed by atoms with Gasteiger partial charge < -0.3 is 15.4 Å². The fourth-order valence-corrected chi connectivity index (χ4v) is 3.64. The van der Waals surface area contributed by atoms with Crippen LogP contribution in [0.2, 0.25) is 0 Å². The molecule has 140 valence electrons. The van der Waals surface area contributed by atoms with Crippen molar-refractivity contribution >= 4 is 5.91 Å². The van der Waals surface area contributed by atoms with E-state index in [1.165, 1.54) is 0 Å². The number of aryl methyl sites for hydroxylation is 1. The van der Waals surface area contributed by atoms with E-state index in [2.05, 4.69) is 22.4 Å². The van der Waals surface area contributed by atoms with Crippen LogP contribution in [-0.4, -0.2) is 57.3 Å². The molecule has 1 aromatic heterocycles. The van der Waals surface area contributed by atoms with Gasteiger partial charge in [0.15, 0.2) is 0 Å². The molecule has 3 unspecified atom stereocenters. The Balaban J connectivity index is 1.89. The molecular weight excluding hydrogens is 332 g/mol. The monoisotopic (exact) mass is 358 g/mol. The number of amides is 1. The molecule has 1 aliphatic rings. The van der Waals surface area contributed by atoms with Crippen LogP contribution >= 0.6 is 0 Å². The Bertz CT molecular complexity index is 762. The van der Waals surface area contributed by atoms with Crippen molar-refractivity contribution in [2.24, 2.45) is 11.7 Å². The number of hydrogen-bond donors (Lipinski definition) is 1. The molecule has 1 fully saturated rings. The third kappa shape index (κ3) is 3.70. The van der Waals surface area contributed by atoms with Crippen molar-refractivity contribution in [1.29, 1.82) is 0 Å². The molecule has 0 saturated carbocycles. The molecule has 8 heteroatoms. The minimum absolute atomic E-state index is 0.0340. The van der Waals surface area contributed by atoms with E-state index in [-0.39, 0.29) is 11.9 Å². The molecule has 3 rings (SSSR count). The standard InChI is InChI=1S/C18H26N6O2/c1-12-7-15(10-19)11-23(12)18(25)17(24-13(2)20-21-22-24)9-14-5-4-6-16(8-14)26-3/h4-6,8,12,15,17H,7,9-11,19H2,1-3H3. The second kappa shape index (κ2) is 7.82. The number of rotatable bonds is 6. The quantitative estimate of drug-likeness (QED) is 0.826. The van der Waals surface area contributed by atoms with Crippen LogP contribution in [0.4, 0.5) is 0 Å². The third-order valence-corrected chi connectivity index (χ3v) is 5.08. The average Bonchev–Trinajstić information content (AvgIpc) is 3.24. The summed E-state index contributed by atoms with van der Waals surface area (Å²) >= 11 is 0. The molecule has 2 aromatic rings. The number of ether oxygens (including phenoxy) is 1. The summed E-state index contributed by atoms with van der Waals surface area (Å²) in [7, 11) is 1.63. The van der Waals surface area contributed by atoms with Gasteiger partial charge in [-0.3, -0.25) is 4.79 Å². The van der Waals surface area contributed by atoms with Gasteiger partial charge in [-0.15, -0.1) is 5.10 Å². The van der Waals surface area contributed by atoms with Gasteiger partial charge in [0, 0.05) is 19.0 Å². The van der Waals surface area contributed by atoms with E-state index in [1.54, 1.807) is 11.8 Å². The summed E-state index contributed by atoms with van der Waals surface area (Å²) in [6.07, 6.45) is 1.43. The van der Waals surface area contributed by atoms with E-state index in [9.17, 15) is 4.79 Å². The van der Waals surface area contributed by atoms with Crippen molar-refractivity contribution in [3.05, 3.63) is 35.7 Å². The fraction of sp³-hybridized carbons (Fsp3) is 0.556. The lowest BCUT2D eigenvalue weighted by atomic mass is 10.0. The molecule has 0 bridgehead atoms. The van der Waals surface area contributed by atoms with E-state index < -0.39 is 6.04 Å². The molecular formula is C18H26N6O2. The largest absolute Gasteiger partial charge is 0.497 e. The number of aromatic nitrogens is 4. The summed E-state index contributed by atoms with van der Waals surface area (Å²) in [6, 6.07) is 7.41. The Kier molecular flexibility index (Phi) is 5.51. The van der Waals surface area contributed by atoms with Crippen molar-refractivity contribution in [1.82, 2.24) is 25.1 Å². The molecule has 1 aromatic carbocycles. The number of nitrogens with zero attached hydrogens (tertiary/aromatic N) is 5. The lowest BCUT2D eigenvalue weighted by Gasteiger charge is -2.27. The van der Waals surface area contributed by atoms with Crippen LogP contribution in [0.1, 0.15) is 30.8 Å². The van der Waals surface area contributed by atoms with Crippen LogP contribution in [0, 0.1) is 12.8 Å². The number of nitrogens with two attached hydrogens (primary N) is 1. The van der Waals surface area contributed by atoms with Crippen molar-refractivity contribution in [3.8, 4) is 5.75 Å². The fourth-order valence-electron chi connectivity index (χ4n) is 3.64. The minimum Gasteiger partial charge on any atom is -0.497 e. The van der Waals surface area contributed by atoms with E-state index in [0.717, 1.165) is 17.7 Å². The zero-order chi connectivity index (χ0) is 18.7. The van der Waals surface area contributed by atoms with E-state index in [4.69, 9.17) is 10.5 Å². The summed E-state index contributed by atoms with van der Waals surface area (Å²) in [5.41, 5.74) is 6.82. The van der Waals surface area contributed by atoms with Crippen LogP contribution in [0.5, 0.6) is 5.75 Å². The highest BCUT2D eigenvalue weighted by molar-refractivity contribution is 5.81. The lowest BCUT2D eigenvalue weighted by Crippen LogP contribution is -2.41. The summed E-state index contributed by atoms with van der Waals surface area (Å²) in [5, 5.41) is 11.7. The predicted molar refractivity (Wildman–Crippen MR) is 96.6 cm³/mol. The first-order valence-corrected chi connectivity index (χ1v) is 8.91. The summed E-state index contributed by atoms with van der Waals surface area (Å²) in [6.45, 7) is 5.16. The molecule has 0 radical (unpaired) electrons. The van der Waals surface area contributed by atoms with Crippen LogP contribution < -0.4 is 10.5 Å². The first-order valence-electron chi connectivity index (χ1n) is 8.91. The molecule has 3 atom stereocenters. The number of methoxy groups -OCH3 is 1. The first-order chi connectivity index (χ1) is 12.5. The van der Waals surface area contributed by atoms with Gasteiger partial charge >= 0.3 is 0 Å². The number of carbonyl (C=O) groups is 1. The number of likely N-dealkylation sites (tertiary alicyclic amines) is 1. The molecule has 1 amide bonds. The second-order valence-electron chi connectivity index (χ2n) is 6.92. The zero-order valence-corrected chi connectivity index (χ0v) is 15.5. The van der Waals surface area contributed by atoms with Gasteiger partial charge in [0.25, 0.3) is 0 Å². The first kappa shape index (κ1) is 18.3. The number of benzene rings is 1. The lowest BCUT2D eigenvalue weighted by molar-refractivity contribution is -0.135. The number of tetrazole rings is 1. The van der Waals surface area contributed by atoms with E-state index >= 15 is 0 Å². The van der Waals surface area contributed by atoms with Gasteiger partial charge in [-0.05, 0) is 60.9 Å². The van der Waals surface area contributed by atoms with Crippen molar-refractivity contribution in [2.45, 2.75) is 38.8 Å². The van der Waals surface area contributed by atoms with Crippen LogP contribution in [0.15, 0.2) is 24.3 Å². The van der Waals surface area contributed by atoms with Gasteiger partial charge in [-0.25, -0.2) is 4.68 Å². The average molecular weight is 358 g/mol. The van der Waals surface area contributed by atoms with Crippen LogP contribution in [-0.2, 0) is 11.2 Å². The Labute approximate surface area is 153 Å². The Hall–Kier alpha value is -2.48. The molecule has 8 nitrogen and oxygen atoms in total. The molecule has 26 heavy (non-hydrogen) atoms. The normalized spacial score (nSPS) is 21.0. The highest BCUT2D eigenvalue weighted by atomic mass is 16.5. The van der Waals surface area contributed by atoms with E-state index in [1.807, 2.05) is 36.1 Å². The van der Waals surface area contributed by atoms with Crippen LogP contribution in [0.25, 0.3) is 0 Å². The molecule has 2 heterocycles. The number of hydrogen-bond acceptors (Lipinski definition) is 6. The summed E-state index contributed by atoms with van der Waals surface area (Å²) < 4.78 is 6.92. The molecule has 1 aliphatic heterocycles. The van der Waals surface area contributed by atoms with E-state index in [0.29, 0.717) is 31.3 Å². The maximum absolute atomic E-state index is 13.4. The highest BCUT2D eigenvalue weighted by Gasteiger charge is 2.36. The SMILES string of the molecule is COc1cccc(CC(C(=O)N2CC(CN)CC2C)n2nnnc2C)c1.